The Morgan fingerprint density at radius 2 is 2.05 bits per heavy atom. The van der Waals surface area contributed by atoms with Crippen molar-refractivity contribution in [2.24, 2.45) is 5.92 Å². The topological polar surface area (TPSA) is 53.6 Å². The van der Waals surface area contributed by atoms with Gasteiger partial charge in [-0.25, -0.2) is 4.79 Å². The number of anilines is 1. The number of piperidine rings is 1. The normalized spacial score (nSPS) is 21.6. The monoisotopic (exact) mass is 323 g/mol. The van der Waals surface area contributed by atoms with Crippen LogP contribution in [0.15, 0.2) is 17.5 Å². The number of urea groups is 1. The van der Waals surface area contributed by atoms with Crippen LogP contribution < -0.4 is 10.6 Å². The third-order valence-corrected chi connectivity index (χ3v) is 5.45. The number of ether oxygens (including phenoxy) is 1. The lowest BCUT2D eigenvalue weighted by molar-refractivity contribution is 0.0213. The molecule has 6 heteroatoms. The van der Waals surface area contributed by atoms with Crippen molar-refractivity contribution in [2.45, 2.75) is 31.7 Å². The van der Waals surface area contributed by atoms with Gasteiger partial charge in [0.1, 0.15) is 0 Å². The van der Waals surface area contributed by atoms with E-state index < -0.39 is 0 Å². The molecule has 0 spiro atoms. The van der Waals surface area contributed by atoms with Crippen molar-refractivity contribution in [3.63, 3.8) is 0 Å². The zero-order valence-corrected chi connectivity index (χ0v) is 13.7. The van der Waals surface area contributed by atoms with Crippen LogP contribution in [0.5, 0.6) is 0 Å². The molecule has 1 aromatic rings. The number of rotatable bonds is 4. The van der Waals surface area contributed by atoms with Gasteiger partial charge in [0.25, 0.3) is 0 Å². The molecular formula is C16H25N3O2S. The molecule has 3 heterocycles. The van der Waals surface area contributed by atoms with Crippen LogP contribution in [-0.2, 0) is 4.74 Å². The summed E-state index contributed by atoms with van der Waals surface area (Å²) in [7, 11) is 0. The van der Waals surface area contributed by atoms with Gasteiger partial charge < -0.3 is 15.0 Å². The summed E-state index contributed by atoms with van der Waals surface area (Å²) in [6, 6.07) is 4.47. The van der Waals surface area contributed by atoms with Crippen LogP contribution in [0.3, 0.4) is 0 Å². The highest BCUT2D eigenvalue weighted by molar-refractivity contribution is 7.14. The molecule has 0 unspecified atom stereocenters. The number of hydrogen-bond acceptors (Lipinski definition) is 4. The second-order valence-electron chi connectivity index (χ2n) is 6.14. The molecule has 2 amide bonds. The van der Waals surface area contributed by atoms with Crippen molar-refractivity contribution in [2.75, 3.05) is 38.2 Å². The number of carbonyl (C=O) groups is 1. The number of amides is 2. The molecule has 22 heavy (non-hydrogen) atoms. The summed E-state index contributed by atoms with van der Waals surface area (Å²) in [6.07, 6.45) is 4.70. The molecule has 2 aliphatic rings. The smallest absolute Gasteiger partial charge is 0.319 e. The molecule has 0 bridgehead atoms. The number of carbonyl (C=O) groups excluding carboxylic acids is 1. The summed E-state index contributed by atoms with van der Waals surface area (Å²) in [5.74, 6) is 0.602. The molecule has 3 rings (SSSR count). The summed E-state index contributed by atoms with van der Waals surface area (Å²) in [4.78, 5) is 14.4. The van der Waals surface area contributed by atoms with Gasteiger partial charge >= 0.3 is 6.03 Å². The van der Waals surface area contributed by atoms with Crippen LogP contribution >= 0.6 is 11.3 Å². The Morgan fingerprint density at radius 3 is 2.73 bits per heavy atom. The summed E-state index contributed by atoms with van der Waals surface area (Å²) in [5.41, 5.74) is 0. The Bertz CT molecular complexity index is 452. The number of hydrogen-bond donors (Lipinski definition) is 2. The molecule has 0 atom stereocenters. The van der Waals surface area contributed by atoms with E-state index in [4.69, 9.17) is 4.74 Å². The molecular weight excluding hydrogens is 298 g/mol. The first-order chi connectivity index (χ1) is 10.8. The first kappa shape index (κ1) is 15.8. The lowest BCUT2D eigenvalue weighted by atomic mass is 9.94. The summed E-state index contributed by atoms with van der Waals surface area (Å²) >= 11 is 1.54. The standard InChI is InChI=1S/C16H25N3O2S/c20-16(18-15-2-1-11-22-15)17-12-13-3-7-19(8-4-13)14-5-9-21-10-6-14/h1-2,11,13-14H,3-10,12H2,(H2,17,18,20). The van der Waals surface area contributed by atoms with Crippen LogP contribution in [0.2, 0.25) is 0 Å². The van der Waals surface area contributed by atoms with E-state index in [0.29, 0.717) is 12.0 Å². The van der Waals surface area contributed by atoms with E-state index in [0.717, 1.165) is 37.8 Å². The van der Waals surface area contributed by atoms with Gasteiger partial charge in [-0.05, 0) is 62.2 Å². The van der Waals surface area contributed by atoms with Gasteiger partial charge in [0, 0.05) is 25.8 Å². The third-order valence-electron chi connectivity index (χ3n) is 4.67. The molecule has 0 aromatic carbocycles. The van der Waals surface area contributed by atoms with E-state index in [9.17, 15) is 4.79 Å². The molecule has 2 N–H and O–H groups in total. The lowest BCUT2D eigenvalue weighted by Gasteiger charge is -2.39. The Hall–Kier alpha value is -1.11. The zero-order chi connectivity index (χ0) is 15.2. The maximum atomic E-state index is 11.8. The number of nitrogens with zero attached hydrogens (tertiary/aromatic N) is 1. The minimum absolute atomic E-state index is 0.0886. The van der Waals surface area contributed by atoms with E-state index in [-0.39, 0.29) is 6.03 Å². The van der Waals surface area contributed by atoms with Crippen molar-refractivity contribution in [3.8, 4) is 0 Å². The quantitative estimate of drug-likeness (QED) is 0.896. The predicted molar refractivity (Wildman–Crippen MR) is 89.5 cm³/mol. The van der Waals surface area contributed by atoms with E-state index in [1.54, 1.807) is 0 Å². The average Bonchev–Trinajstić information content (AvgIpc) is 3.07. The number of thiophene rings is 1. The van der Waals surface area contributed by atoms with Gasteiger partial charge in [-0.15, -0.1) is 11.3 Å². The van der Waals surface area contributed by atoms with Gasteiger partial charge in [0.05, 0.1) is 5.00 Å². The molecule has 2 fully saturated rings. The maximum absolute atomic E-state index is 11.8. The molecule has 2 saturated heterocycles. The molecule has 5 nitrogen and oxygen atoms in total. The average molecular weight is 323 g/mol. The van der Waals surface area contributed by atoms with Crippen molar-refractivity contribution in [1.29, 1.82) is 0 Å². The maximum Gasteiger partial charge on any atom is 0.319 e. The van der Waals surface area contributed by atoms with Crippen molar-refractivity contribution < 1.29 is 9.53 Å². The van der Waals surface area contributed by atoms with Gasteiger partial charge in [0.2, 0.25) is 0 Å². The van der Waals surface area contributed by atoms with E-state index in [1.807, 2.05) is 17.5 Å². The fourth-order valence-corrected chi connectivity index (χ4v) is 3.93. The first-order valence-electron chi connectivity index (χ1n) is 8.21. The molecule has 0 radical (unpaired) electrons. The van der Waals surface area contributed by atoms with Crippen LogP contribution in [0, 0.1) is 5.92 Å². The Morgan fingerprint density at radius 1 is 1.27 bits per heavy atom. The Labute approximate surface area is 136 Å². The Kier molecular flexibility index (Phi) is 5.70. The molecule has 1 aromatic heterocycles. The number of likely N-dealkylation sites (tertiary alicyclic amines) is 1. The lowest BCUT2D eigenvalue weighted by Crippen LogP contribution is -2.46. The van der Waals surface area contributed by atoms with Crippen molar-refractivity contribution >= 4 is 22.4 Å². The largest absolute Gasteiger partial charge is 0.381 e. The second kappa shape index (κ2) is 7.94. The fourth-order valence-electron chi connectivity index (χ4n) is 3.32. The minimum atomic E-state index is -0.0886. The van der Waals surface area contributed by atoms with Gasteiger partial charge in [0.15, 0.2) is 0 Å². The predicted octanol–water partition coefficient (Wildman–Crippen LogP) is 2.76. The van der Waals surface area contributed by atoms with E-state index in [1.165, 1.54) is 37.0 Å². The first-order valence-corrected chi connectivity index (χ1v) is 9.09. The van der Waals surface area contributed by atoms with E-state index >= 15 is 0 Å². The van der Waals surface area contributed by atoms with Crippen LogP contribution in [0.25, 0.3) is 0 Å². The van der Waals surface area contributed by atoms with Crippen molar-refractivity contribution in [3.05, 3.63) is 17.5 Å². The van der Waals surface area contributed by atoms with Crippen molar-refractivity contribution in [1.82, 2.24) is 10.2 Å². The minimum Gasteiger partial charge on any atom is -0.381 e. The third kappa shape index (κ3) is 4.44. The molecule has 0 aliphatic carbocycles. The second-order valence-corrected chi connectivity index (χ2v) is 7.08. The van der Waals surface area contributed by atoms with E-state index in [2.05, 4.69) is 15.5 Å². The van der Waals surface area contributed by atoms with Gasteiger partial charge in [-0.2, -0.15) is 0 Å². The zero-order valence-electron chi connectivity index (χ0n) is 12.9. The van der Waals surface area contributed by atoms with Crippen LogP contribution in [0.4, 0.5) is 9.80 Å². The number of nitrogens with one attached hydrogen (secondary N) is 2. The Balaban J connectivity index is 1.34. The summed E-state index contributed by atoms with van der Waals surface area (Å²) in [5, 5.41) is 8.72. The molecule has 2 aliphatic heterocycles. The molecule has 0 saturated carbocycles. The van der Waals surface area contributed by atoms with Crippen LogP contribution in [0.1, 0.15) is 25.7 Å². The highest BCUT2D eigenvalue weighted by atomic mass is 32.1. The fraction of sp³-hybridized carbons (Fsp3) is 0.688. The van der Waals surface area contributed by atoms with Gasteiger partial charge in [-0.3, -0.25) is 5.32 Å². The SMILES string of the molecule is O=C(NCC1CCN(C2CCOCC2)CC1)Nc1cccs1. The summed E-state index contributed by atoms with van der Waals surface area (Å²) in [6.45, 7) is 4.91. The van der Waals surface area contributed by atoms with Crippen LogP contribution in [-0.4, -0.2) is 49.8 Å². The molecule has 122 valence electrons. The highest BCUT2D eigenvalue weighted by Gasteiger charge is 2.26. The van der Waals surface area contributed by atoms with Gasteiger partial charge in [-0.1, -0.05) is 0 Å². The summed E-state index contributed by atoms with van der Waals surface area (Å²) < 4.78 is 5.44. The highest BCUT2D eigenvalue weighted by Crippen LogP contribution is 2.23.